The lowest BCUT2D eigenvalue weighted by Gasteiger charge is -2.31. The maximum atomic E-state index is 13.2. The van der Waals surface area contributed by atoms with Crippen LogP contribution in [0.15, 0.2) is 60.9 Å². The first-order valence-corrected chi connectivity index (χ1v) is 10.4. The van der Waals surface area contributed by atoms with Crippen LogP contribution in [0.1, 0.15) is 15.9 Å². The zero-order chi connectivity index (χ0) is 24.1. The Morgan fingerprint density at radius 2 is 1.82 bits per heavy atom. The smallest absolute Gasteiger partial charge is 0.416 e. The minimum absolute atomic E-state index is 0.0126. The van der Waals surface area contributed by atoms with Crippen LogP contribution in [0, 0.1) is 0 Å². The van der Waals surface area contributed by atoms with Gasteiger partial charge in [-0.25, -0.2) is 9.48 Å². The van der Waals surface area contributed by atoms with Crippen LogP contribution in [0.4, 0.5) is 24.5 Å². The molecular formula is C23H21F3N4O4. The molecule has 2 heterocycles. The number of esters is 1. The van der Waals surface area contributed by atoms with Gasteiger partial charge in [0, 0.05) is 25.5 Å². The van der Waals surface area contributed by atoms with Crippen molar-refractivity contribution in [2.24, 2.45) is 0 Å². The lowest BCUT2D eigenvalue weighted by Crippen LogP contribution is -2.37. The van der Waals surface area contributed by atoms with Crippen LogP contribution in [0.3, 0.4) is 0 Å². The molecule has 1 N–H and O–H groups in total. The van der Waals surface area contributed by atoms with E-state index in [0.29, 0.717) is 32.0 Å². The van der Waals surface area contributed by atoms with Gasteiger partial charge in [0.05, 0.1) is 41.4 Å². The summed E-state index contributed by atoms with van der Waals surface area (Å²) in [6, 6.07) is 11.3. The highest BCUT2D eigenvalue weighted by molar-refractivity contribution is 5.97. The molecule has 11 heteroatoms. The minimum Gasteiger partial charge on any atom is -0.452 e. The Balaban J connectivity index is 1.42. The number of halogens is 3. The van der Waals surface area contributed by atoms with E-state index in [2.05, 4.69) is 10.4 Å². The Morgan fingerprint density at radius 1 is 1.09 bits per heavy atom. The standard InChI is InChI=1S/C23H21F3N4O4/c24-23(25,26)17-4-7-20(29-10-12-33-13-11-29)19(14-17)28-21(31)15-34-22(32)16-2-5-18(6-3-16)30-9-1-8-27-30/h1-9,14H,10-13,15H2,(H,28,31). The monoisotopic (exact) mass is 474 g/mol. The number of ether oxygens (including phenoxy) is 2. The molecule has 1 aliphatic heterocycles. The quantitative estimate of drug-likeness (QED) is 0.551. The highest BCUT2D eigenvalue weighted by atomic mass is 19.4. The summed E-state index contributed by atoms with van der Waals surface area (Å²) in [7, 11) is 0. The minimum atomic E-state index is -4.57. The number of hydrogen-bond acceptors (Lipinski definition) is 6. The van der Waals surface area contributed by atoms with Gasteiger partial charge in [-0.1, -0.05) is 0 Å². The molecule has 3 aromatic rings. The van der Waals surface area contributed by atoms with Gasteiger partial charge in [-0.2, -0.15) is 18.3 Å². The second kappa shape index (κ2) is 9.96. The fraction of sp³-hybridized carbons (Fsp3) is 0.261. The molecule has 1 amide bonds. The number of rotatable bonds is 6. The van der Waals surface area contributed by atoms with Gasteiger partial charge < -0.3 is 19.7 Å². The Morgan fingerprint density at radius 3 is 2.47 bits per heavy atom. The number of amides is 1. The predicted octanol–water partition coefficient (Wildman–Crippen LogP) is 3.52. The van der Waals surface area contributed by atoms with Crippen LogP contribution in [0.5, 0.6) is 0 Å². The van der Waals surface area contributed by atoms with E-state index in [9.17, 15) is 22.8 Å². The van der Waals surface area contributed by atoms with Gasteiger partial charge in [0.25, 0.3) is 5.91 Å². The number of morpholine rings is 1. The predicted molar refractivity (Wildman–Crippen MR) is 117 cm³/mol. The highest BCUT2D eigenvalue weighted by Crippen LogP contribution is 2.35. The summed E-state index contributed by atoms with van der Waals surface area (Å²) in [5.74, 6) is -1.49. The van der Waals surface area contributed by atoms with Crippen molar-refractivity contribution in [1.29, 1.82) is 0 Å². The first-order chi connectivity index (χ1) is 16.3. The van der Waals surface area contributed by atoms with Crippen molar-refractivity contribution in [3.05, 3.63) is 72.1 Å². The van der Waals surface area contributed by atoms with Gasteiger partial charge in [0.15, 0.2) is 6.61 Å². The van der Waals surface area contributed by atoms with E-state index in [1.165, 1.54) is 18.2 Å². The van der Waals surface area contributed by atoms with Gasteiger partial charge in [-0.3, -0.25) is 4.79 Å². The number of hydrogen-bond donors (Lipinski definition) is 1. The number of nitrogens with zero attached hydrogens (tertiary/aromatic N) is 3. The van der Waals surface area contributed by atoms with Crippen molar-refractivity contribution in [3.8, 4) is 5.69 Å². The second-order valence-electron chi connectivity index (χ2n) is 7.45. The molecule has 4 rings (SSSR count). The van der Waals surface area contributed by atoms with Crippen LogP contribution in [-0.2, 0) is 20.4 Å². The SMILES string of the molecule is O=C(COC(=O)c1ccc(-n2cccn2)cc1)Nc1cc(C(F)(F)F)ccc1N1CCOCC1. The van der Waals surface area contributed by atoms with Crippen LogP contribution in [-0.4, -0.2) is 54.6 Å². The number of alkyl halides is 3. The van der Waals surface area contributed by atoms with Gasteiger partial charge >= 0.3 is 12.1 Å². The van der Waals surface area contributed by atoms with E-state index in [-0.39, 0.29) is 11.3 Å². The maximum absolute atomic E-state index is 13.2. The molecule has 0 saturated carbocycles. The summed E-state index contributed by atoms with van der Waals surface area (Å²) in [4.78, 5) is 26.6. The van der Waals surface area contributed by atoms with Gasteiger partial charge in [0.1, 0.15) is 0 Å². The summed E-state index contributed by atoms with van der Waals surface area (Å²) >= 11 is 0. The fourth-order valence-electron chi connectivity index (χ4n) is 3.47. The molecule has 1 fully saturated rings. The van der Waals surface area contributed by atoms with E-state index in [4.69, 9.17) is 9.47 Å². The Labute approximate surface area is 192 Å². The molecule has 0 atom stereocenters. The highest BCUT2D eigenvalue weighted by Gasteiger charge is 2.32. The molecule has 0 unspecified atom stereocenters. The van der Waals surface area contributed by atoms with Crippen molar-refractivity contribution in [1.82, 2.24) is 9.78 Å². The molecule has 1 aliphatic rings. The van der Waals surface area contributed by atoms with Crippen molar-refractivity contribution >= 4 is 23.3 Å². The Bertz CT molecular complexity index is 1140. The summed E-state index contributed by atoms with van der Waals surface area (Å²) < 4.78 is 51.6. The summed E-state index contributed by atoms with van der Waals surface area (Å²) in [5.41, 5.74) is 0.483. The third-order valence-corrected chi connectivity index (χ3v) is 5.16. The topological polar surface area (TPSA) is 85.7 Å². The Hall–Kier alpha value is -3.86. The molecule has 34 heavy (non-hydrogen) atoms. The number of benzene rings is 2. The van der Waals surface area contributed by atoms with Crippen molar-refractivity contribution < 1.29 is 32.2 Å². The zero-order valence-electron chi connectivity index (χ0n) is 17.9. The maximum Gasteiger partial charge on any atom is 0.416 e. The van der Waals surface area contributed by atoms with Gasteiger partial charge in [-0.05, 0) is 48.5 Å². The van der Waals surface area contributed by atoms with Gasteiger partial charge in [-0.15, -0.1) is 0 Å². The average molecular weight is 474 g/mol. The molecule has 1 saturated heterocycles. The molecule has 2 aromatic carbocycles. The molecular weight excluding hydrogens is 453 g/mol. The van der Waals surface area contributed by atoms with E-state index >= 15 is 0 Å². The average Bonchev–Trinajstić information content (AvgIpc) is 3.38. The third-order valence-electron chi connectivity index (χ3n) is 5.16. The lowest BCUT2D eigenvalue weighted by molar-refractivity contribution is -0.137. The van der Waals surface area contributed by atoms with Crippen LogP contribution < -0.4 is 10.2 Å². The largest absolute Gasteiger partial charge is 0.452 e. The first-order valence-electron chi connectivity index (χ1n) is 10.4. The van der Waals surface area contributed by atoms with E-state index in [0.717, 1.165) is 17.8 Å². The van der Waals surface area contributed by atoms with Crippen molar-refractivity contribution in [2.45, 2.75) is 6.18 Å². The van der Waals surface area contributed by atoms with Crippen LogP contribution >= 0.6 is 0 Å². The lowest BCUT2D eigenvalue weighted by atomic mass is 10.1. The molecule has 8 nitrogen and oxygen atoms in total. The van der Waals surface area contributed by atoms with Crippen molar-refractivity contribution in [3.63, 3.8) is 0 Å². The molecule has 178 valence electrons. The number of anilines is 2. The number of carbonyl (C=O) groups is 2. The van der Waals surface area contributed by atoms with E-state index in [1.54, 1.807) is 35.3 Å². The molecule has 0 radical (unpaired) electrons. The fourth-order valence-corrected chi connectivity index (χ4v) is 3.47. The van der Waals surface area contributed by atoms with Gasteiger partial charge in [0.2, 0.25) is 0 Å². The van der Waals surface area contributed by atoms with Crippen LogP contribution in [0.25, 0.3) is 5.69 Å². The first kappa shape index (κ1) is 23.3. The van der Waals surface area contributed by atoms with Crippen molar-refractivity contribution in [2.75, 3.05) is 43.1 Å². The molecule has 1 aromatic heterocycles. The molecule has 0 bridgehead atoms. The number of carbonyl (C=O) groups excluding carboxylic acids is 2. The summed E-state index contributed by atoms with van der Waals surface area (Å²) in [5, 5.41) is 6.53. The molecule has 0 aliphatic carbocycles. The summed E-state index contributed by atoms with van der Waals surface area (Å²) in [6.07, 6.45) is -1.20. The van der Waals surface area contributed by atoms with E-state index in [1.807, 2.05) is 4.90 Å². The van der Waals surface area contributed by atoms with E-state index < -0.39 is 30.2 Å². The third kappa shape index (κ3) is 5.54. The summed E-state index contributed by atoms with van der Waals surface area (Å²) in [6.45, 7) is 1.13. The van der Waals surface area contributed by atoms with Crippen LogP contribution in [0.2, 0.25) is 0 Å². The number of aromatic nitrogens is 2. The normalized spacial score (nSPS) is 14.0. The Kier molecular flexibility index (Phi) is 6.82. The zero-order valence-corrected chi connectivity index (χ0v) is 17.9. The second-order valence-corrected chi connectivity index (χ2v) is 7.45. The molecule has 0 spiro atoms. The number of nitrogens with one attached hydrogen (secondary N) is 1.